The number of piperazine rings is 1. The first-order chi connectivity index (χ1) is 14.9. The van der Waals surface area contributed by atoms with Gasteiger partial charge in [0.2, 0.25) is 10.0 Å². The summed E-state index contributed by atoms with van der Waals surface area (Å²) in [5.41, 5.74) is 0.909. The van der Waals surface area contributed by atoms with Crippen LogP contribution in [-0.2, 0) is 30.8 Å². The summed E-state index contributed by atoms with van der Waals surface area (Å²) in [4.78, 5) is 26.5. The molecular weight excluding hydrogens is 422 g/mol. The smallest absolute Gasteiger partial charge is 0.306 e. The fourth-order valence-corrected chi connectivity index (χ4v) is 4.58. The quantitative estimate of drug-likeness (QED) is 0.502. The Labute approximate surface area is 182 Å². The Bertz CT molecular complexity index is 927. The summed E-state index contributed by atoms with van der Waals surface area (Å²) in [5, 5.41) is 6.89. The van der Waals surface area contributed by atoms with Crippen molar-refractivity contribution in [3.05, 3.63) is 54.2 Å². The fraction of sp³-hybridized carbons (Fsp3) is 0.381. The summed E-state index contributed by atoms with van der Waals surface area (Å²) < 4.78 is 32.2. The van der Waals surface area contributed by atoms with E-state index >= 15 is 0 Å². The summed E-state index contributed by atoms with van der Waals surface area (Å²) in [6.07, 6.45) is 2.55. The van der Waals surface area contributed by atoms with E-state index in [0.717, 1.165) is 11.4 Å². The number of carbonyl (C=O) groups is 2. The summed E-state index contributed by atoms with van der Waals surface area (Å²) in [7, 11) is -3.53. The Morgan fingerprint density at radius 1 is 1.13 bits per heavy atom. The zero-order chi connectivity index (χ0) is 22.7. The lowest BCUT2D eigenvalue weighted by atomic mass is 10.1. The van der Waals surface area contributed by atoms with E-state index in [1.807, 2.05) is 18.2 Å². The molecule has 2 aromatic rings. The molecule has 168 valence electrons. The van der Waals surface area contributed by atoms with E-state index in [9.17, 15) is 13.2 Å². The predicted octanol–water partition coefficient (Wildman–Crippen LogP) is 1.79. The number of hydrogen-bond acceptors (Lipinski definition) is 7. The van der Waals surface area contributed by atoms with Crippen molar-refractivity contribution < 1.29 is 27.9 Å². The lowest BCUT2D eigenvalue weighted by Crippen LogP contribution is -2.48. The number of carboxylic acid groups (broad SMARTS) is 1. The number of esters is 1. The van der Waals surface area contributed by atoms with Crippen LogP contribution in [0.25, 0.3) is 0 Å². The van der Waals surface area contributed by atoms with Crippen LogP contribution in [0.5, 0.6) is 0 Å². The standard InChI is InChI=1S/C20H25N3O4S.CH2O2/c1-2-27-20(24)11-8-17-6-9-18(10-7-17)28(25,26)23-15-13-22(14-16-23)19-5-3-4-12-21-19;2-1-3/h3-7,9-10,12H,2,8,11,13-16H2,1H3;1H,(H,2,3). The molecule has 10 heteroatoms. The average Bonchev–Trinajstić information content (AvgIpc) is 2.79. The molecule has 1 aliphatic rings. The molecule has 3 rings (SSSR count). The van der Waals surface area contributed by atoms with Gasteiger partial charge in [0, 0.05) is 38.8 Å². The maximum Gasteiger partial charge on any atom is 0.306 e. The molecule has 1 aromatic carbocycles. The average molecular weight is 450 g/mol. The van der Waals surface area contributed by atoms with Gasteiger partial charge in [0.15, 0.2) is 0 Å². The molecule has 0 bridgehead atoms. The number of rotatable bonds is 7. The second-order valence-corrected chi connectivity index (χ2v) is 8.57. The van der Waals surface area contributed by atoms with Gasteiger partial charge in [-0.25, -0.2) is 13.4 Å². The minimum Gasteiger partial charge on any atom is -0.483 e. The fourth-order valence-electron chi connectivity index (χ4n) is 3.16. The van der Waals surface area contributed by atoms with Gasteiger partial charge in [-0.05, 0) is 43.2 Å². The van der Waals surface area contributed by atoms with Crippen LogP contribution in [-0.4, -0.2) is 68.0 Å². The molecule has 9 nitrogen and oxygen atoms in total. The van der Waals surface area contributed by atoms with Gasteiger partial charge in [-0.3, -0.25) is 9.59 Å². The number of pyridine rings is 1. The van der Waals surface area contributed by atoms with Crippen molar-refractivity contribution in [2.45, 2.75) is 24.7 Å². The number of aromatic nitrogens is 1. The van der Waals surface area contributed by atoms with Gasteiger partial charge in [-0.15, -0.1) is 0 Å². The molecule has 0 amide bonds. The zero-order valence-corrected chi connectivity index (χ0v) is 18.2. The molecule has 1 N–H and O–H groups in total. The molecule has 1 aliphatic heterocycles. The Morgan fingerprint density at radius 3 is 2.32 bits per heavy atom. The van der Waals surface area contributed by atoms with E-state index in [2.05, 4.69) is 9.88 Å². The SMILES string of the molecule is CCOC(=O)CCc1ccc(S(=O)(=O)N2CCN(c3ccccn3)CC2)cc1.O=CO. The summed E-state index contributed by atoms with van der Waals surface area (Å²) in [6, 6.07) is 12.5. The molecule has 1 aromatic heterocycles. The Kier molecular flexibility index (Phi) is 9.41. The third-order valence-electron chi connectivity index (χ3n) is 4.70. The summed E-state index contributed by atoms with van der Waals surface area (Å²) in [6.45, 7) is 3.94. The predicted molar refractivity (Wildman–Crippen MR) is 115 cm³/mol. The first-order valence-corrected chi connectivity index (χ1v) is 11.3. The van der Waals surface area contributed by atoms with Gasteiger partial charge in [0.1, 0.15) is 5.82 Å². The third-order valence-corrected chi connectivity index (χ3v) is 6.61. The van der Waals surface area contributed by atoms with Gasteiger partial charge < -0.3 is 14.7 Å². The van der Waals surface area contributed by atoms with E-state index in [4.69, 9.17) is 14.6 Å². The normalized spacial score (nSPS) is 14.3. The minimum absolute atomic E-state index is 0.245. The van der Waals surface area contributed by atoms with Crippen molar-refractivity contribution in [3.63, 3.8) is 0 Å². The highest BCUT2D eigenvalue weighted by Gasteiger charge is 2.28. The second kappa shape index (κ2) is 12.0. The Morgan fingerprint density at radius 2 is 1.77 bits per heavy atom. The highest BCUT2D eigenvalue weighted by atomic mass is 32.2. The molecular formula is C21H27N3O6S. The van der Waals surface area contributed by atoms with E-state index in [-0.39, 0.29) is 23.8 Å². The number of benzene rings is 1. The molecule has 0 spiro atoms. The maximum atomic E-state index is 12.9. The van der Waals surface area contributed by atoms with Crippen molar-refractivity contribution in [3.8, 4) is 0 Å². The van der Waals surface area contributed by atoms with E-state index in [1.165, 1.54) is 4.31 Å². The van der Waals surface area contributed by atoms with Gasteiger partial charge in [0.05, 0.1) is 11.5 Å². The van der Waals surface area contributed by atoms with E-state index in [0.29, 0.717) is 39.2 Å². The van der Waals surface area contributed by atoms with Crippen LogP contribution in [0.2, 0.25) is 0 Å². The van der Waals surface area contributed by atoms with Crippen LogP contribution in [0.1, 0.15) is 18.9 Å². The highest BCUT2D eigenvalue weighted by Crippen LogP contribution is 2.20. The first-order valence-electron chi connectivity index (χ1n) is 9.91. The van der Waals surface area contributed by atoms with E-state index in [1.54, 1.807) is 37.4 Å². The number of anilines is 1. The van der Waals surface area contributed by atoms with Gasteiger partial charge in [-0.2, -0.15) is 4.31 Å². The summed E-state index contributed by atoms with van der Waals surface area (Å²) >= 11 is 0. The molecule has 0 atom stereocenters. The van der Waals surface area contributed by atoms with Crippen LogP contribution >= 0.6 is 0 Å². The maximum absolute atomic E-state index is 12.9. The molecule has 0 saturated carbocycles. The van der Waals surface area contributed by atoms with Crippen LogP contribution < -0.4 is 4.90 Å². The molecule has 2 heterocycles. The van der Waals surface area contributed by atoms with Gasteiger partial charge in [-0.1, -0.05) is 18.2 Å². The largest absolute Gasteiger partial charge is 0.483 e. The highest BCUT2D eigenvalue weighted by molar-refractivity contribution is 7.89. The number of carbonyl (C=O) groups excluding carboxylic acids is 1. The molecule has 0 radical (unpaired) electrons. The molecule has 1 fully saturated rings. The Hall–Kier alpha value is -2.98. The third kappa shape index (κ3) is 7.04. The van der Waals surface area contributed by atoms with Crippen molar-refractivity contribution in [1.82, 2.24) is 9.29 Å². The molecule has 0 unspecified atom stereocenters. The number of sulfonamides is 1. The minimum atomic E-state index is -3.53. The zero-order valence-electron chi connectivity index (χ0n) is 17.4. The topological polar surface area (TPSA) is 117 Å². The van der Waals surface area contributed by atoms with Gasteiger partial charge in [0.25, 0.3) is 6.47 Å². The molecule has 1 saturated heterocycles. The van der Waals surface area contributed by atoms with Crippen LogP contribution in [0.4, 0.5) is 5.82 Å². The van der Waals surface area contributed by atoms with Crippen molar-refractivity contribution in [2.24, 2.45) is 0 Å². The summed E-state index contributed by atoms with van der Waals surface area (Å²) in [5.74, 6) is 0.621. The number of aryl methyl sites for hydroxylation is 1. The molecule has 0 aliphatic carbocycles. The Balaban J connectivity index is 0.00000107. The number of hydrogen-bond donors (Lipinski definition) is 1. The van der Waals surface area contributed by atoms with E-state index < -0.39 is 10.0 Å². The van der Waals surface area contributed by atoms with Crippen LogP contribution in [0, 0.1) is 0 Å². The van der Waals surface area contributed by atoms with Crippen molar-refractivity contribution in [2.75, 3.05) is 37.7 Å². The lowest BCUT2D eigenvalue weighted by molar-refractivity contribution is -0.143. The van der Waals surface area contributed by atoms with Crippen molar-refractivity contribution >= 4 is 28.3 Å². The second-order valence-electron chi connectivity index (χ2n) is 6.63. The number of nitrogens with zero attached hydrogens (tertiary/aromatic N) is 3. The molecule has 31 heavy (non-hydrogen) atoms. The van der Waals surface area contributed by atoms with Crippen LogP contribution in [0.3, 0.4) is 0 Å². The lowest BCUT2D eigenvalue weighted by Gasteiger charge is -2.34. The number of ether oxygens (including phenoxy) is 1. The monoisotopic (exact) mass is 449 g/mol. The first kappa shape index (κ1) is 24.3. The van der Waals surface area contributed by atoms with Gasteiger partial charge >= 0.3 is 5.97 Å². The van der Waals surface area contributed by atoms with Crippen LogP contribution in [0.15, 0.2) is 53.6 Å². The van der Waals surface area contributed by atoms with Crippen molar-refractivity contribution in [1.29, 1.82) is 0 Å².